The fraction of sp³-hybridized carbons (Fsp3) is 0.500. The van der Waals surface area contributed by atoms with E-state index in [9.17, 15) is 14.4 Å². The molecule has 8 nitrogen and oxygen atoms in total. The summed E-state index contributed by atoms with van der Waals surface area (Å²) in [7, 11) is 1.77. The molecule has 3 N–H and O–H groups in total. The predicted molar refractivity (Wildman–Crippen MR) is 115 cm³/mol. The van der Waals surface area contributed by atoms with Crippen LogP contribution in [0.1, 0.15) is 37.8 Å². The molecule has 2 amide bonds. The van der Waals surface area contributed by atoms with Crippen LogP contribution in [-0.2, 0) is 32.0 Å². The van der Waals surface area contributed by atoms with Gasteiger partial charge in [-0.3, -0.25) is 9.59 Å². The summed E-state index contributed by atoms with van der Waals surface area (Å²) in [6.45, 7) is 5.30. The number of nitrogens with one attached hydrogen (secondary N) is 3. The van der Waals surface area contributed by atoms with Gasteiger partial charge in [-0.15, -0.1) is 0 Å². The normalized spacial score (nSPS) is 11.0. The van der Waals surface area contributed by atoms with E-state index in [0.717, 1.165) is 23.2 Å². The number of carbonyl (C=O) groups excluding carboxylic acids is 3. The number of amides is 2. The Morgan fingerprint density at radius 3 is 2.40 bits per heavy atom. The minimum absolute atomic E-state index is 0.0343. The molecular weight excluding hydrogens is 386 g/mol. The van der Waals surface area contributed by atoms with Crippen molar-refractivity contribution in [1.82, 2.24) is 16.0 Å². The van der Waals surface area contributed by atoms with Gasteiger partial charge in [-0.25, -0.2) is 4.79 Å². The third kappa shape index (κ3) is 11.9. The lowest BCUT2D eigenvalue weighted by molar-refractivity contribution is -0.126. The number of alkyl carbamates (subject to hydrolysis) is 1. The minimum atomic E-state index is -0.436. The first-order chi connectivity index (χ1) is 14.4. The first-order valence-corrected chi connectivity index (χ1v) is 10.2. The monoisotopic (exact) mass is 419 g/mol. The third-order valence-corrected chi connectivity index (χ3v) is 4.08. The molecule has 0 saturated heterocycles. The molecule has 0 atom stereocenters. The Labute approximate surface area is 178 Å². The molecule has 0 aliphatic heterocycles. The van der Waals surface area contributed by atoms with E-state index in [1.165, 1.54) is 0 Å². The smallest absolute Gasteiger partial charge is 0.407 e. The Bertz CT molecular complexity index is 701. The predicted octanol–water partition coefficient (Wildman–Crippen LogP) is 2.08. The van der Waals surface area contributed by atoms with Crippen molar-refractivity contribution in [2.75, 3.05) is 33.4 Å². The molecule has 0 aliphatic rings. The molecule has 0 bridgehead atoms. The maximum Gasteiger partial charge on any atom is 0.407 e. The second-order valence-electron chi connectivity index (χ2n) is 6.78. The fourth-order valence-corrected chi connectivity index (χ4v) is 2.36. The van der Waals surface area contributed by atoms with Gasteiger partial charge < -0.3 is 25.4 Å². The average molecular weight is 420 g/mol. The van der Waals surface area contributed by atoms with Gasteiger partial charge in [0.2, 0.25) is 5.91 Å². The summed E-state index contributed by atoms with van der Waals surface area (Å²) in [5.41, 5.74) is 2.68. The average Bonchev–Trinajstić information content (AvgIpc) is 2.73. The standard InChI is InChI=1S/C22H33N3O5/c1-4-10-24-22(28)30-12-5-11-29-16-21(27)25-15-19-8-6-18(7-9-19)14-20(26)13-17(2)23-3/h6-9,13,23H,4-5,10-12,14-16H2,1-3H3,(H,24,28)(H,25,27)/b17-13-. The molecule has 8 heteroatoms. The van der Waals surface area contributed by atoms with Crippen LogP contribution >= 0.6 is 0 Å². The van der Waals surface area contributed by atoms with Crippen LogP contribution in [0.4, 0.5) is 4.79 Å². The first-order valence-electron chi connectivity index (χ1n) is 10.2. The summed E-state index contributed by atoms with van der Waals surface area (Å²) in [5.74, 6) is -0.185. The van der Waals surface area contributed by atoms with Crippen LogP contribution in [-0.4, -0.2) is 51.2 Å². The Balaban J connectivity index is 2.18. The number of rotatable bonds is 14. The number of ketones is 1. The molecule has 0 spiro atoms. The lowest BCUT2D eigenvalue weighted by atomic mass is 10.1. The maximum absolute atomic E-state index is 11.9. The second-order valence-corrected chi connectivity index (χ2v) is 6.78. The van der Waals surface area contributed by atoms with Gasteiger partial charge in [0.15, 0.2) is 5.78 Å². The van der Waals surface area contributed by atoms with Crippen molar-refractivity contribution in [2.45, 2.75) is 39.7 Å². The van der Waals surface area contributed by atoms with Gasteiger partial charge in [-0.05, 0) is 24.5 Å². The molecule has 0 fully saturated rings. The summed E-state index contributed by atoms with van der Waals surface area (Å²) in [6.07, 6.45) is 2.86. The van der Waals surface area contributed by atoms with E-state index in [4.69, 9.17) is 9.47 Å². The first kappa shape index (κ1) is 25.2. The van der Waals surface area contributed by atoms with Gasteiger partial charge >= 0.3 is 6.09 Å². The van der Waals surface area contributed by atoms with Gasteiger partial charge in [0, 0.05) is 44.8 Å². The van der Waals surface area contributed by atoms with Crippen LogP contribution in [0.5, 0.6) is 0 Å². The largest absolute Gasteiger partial charge is 0.449 e. The van der Waals surface area contributed by atoms with E-state index in [2.05, 4.69) is 16.0 Å². The molecule has 0 heterocycles. The number of benzene rings is 1. The number of hydrogen-bond donors (Lipinski definition) is 3. The Kier molecular flexibility index (Phi) is 12.6. The van der Waals surface area contributed by atoms with Crippen LogP contribution in [0.3, 0.4) is 0 Å². The van der Waals surface area contributed by atoms with Gasteiger partial charge in [0.05, 0.1) is 13.2 Å². The van der Waals surface area contributed by atoms with Crippen molar-refractivity contribution in [3.05, 3.63) is 47.2 Å². The summed E-state index contributed by atoms with van der Waals surface area (Å²) in [5, 5.41) is 8.31. The molecule has 0 unspecified atom stereocenters. The SMILES string of the molecule is CCCNC(=O)OCCCOCC(=O)NCc1ccc(CC(=O)/C=C(/C)NC)cc1. The quantitative estimate of drug-likeness (QED) is 0.315. The van der Waals surface area contributed by atoms with Crippen molar-refractivity contribution in [2.24, 2.45) is 0 Å². The van der Waals surface area contributed by atoms with Crippen molar-refractivity contribution >= 4 is 17.8 Å². The molecule has 30 heavy (non-hydrogen) atoms. The van der Waals surface area contributed by atoms with E-state index in [0.29, 0.717) is 32.5 Å². The molecule has 0 saturated carbocycles. The summed E-state index contributed by atoms with van der Waals surface area (Å²) in [4.78, 5) is 35.0. The van der Waals surface area contributed by atoms with Gasteiger partial charge in [0.25, 0.3) is 0 Å². The highest BCUT2D eigenvalue weighted by atomic mass is 16.5. The summed E-state index contributed by atoms with van der Waals surface area (Å²) in [6, 6.07) is 7.54. The van der Waals surface area contributed by atoms with Crippen LogP contribution in [0.15, 0.2) is 36.0 Å². The van der Waals surface area contributed by atoms with Crippen molar-refractivity contribution in [3.63, 3.8) is 0 Å². The number of carbonyl (C=O) groups is 3. The van der Waals surface area contributed by atoms with Crippen molar-refractivity contribution < 1.29 is 23.9 Å². The van der Waals surface area contributed by atoms with E-state index < -0.39 is 6.09 Å². The molecule has 0 radical (unpaired) electrons. The topological polar surface area (TPSA) is 106 Å². The second kappa shape index (κ2) is 15.0. The molecule has 1 aromatic rings. The van der Waals surface area contributed by atoms with Crippen LogP contribution in [0.2, 0.25) is 0 Å². The summed E-state index contributed by atoms with van der Waals surface area (Å²) >= 11 is 0. The zero-order valence-electron chi connectivity index (χ0n) is 18.1. The minimum Gasteiger partial charge on any atom is -0.449 e. The molecule has 0 aliphatic carbocycles. The zero-order valence-corrected chi connectivity index (χ0v) is 18.1. The Morgan fingerprint density at radius 1 is 1.03 bits per heavy atom. The van der Waals surface area contributed by atoms with Gasteiger partial charge in [0.1, 0.15) is 6.61 Å². The zero-order chi connectivity index (χ0) is 22.2. The number of ether oxygens (including phenoxy) is 2. The lowest BCUT2D eigenvalue weighted by Gasteiger charge is -2.08. The highest BCUT2D eigenvalue weighted by Gasteiger charge is 2.05. The van der Waals surface area contributed by atoms with E-state index in [1.807, 2.05) is 38.1 Å². The number of allylic oxidation sites excluding steroid dienone is 2. The third-order valence-electron chi connectivity index (χ3n) is 4.08. The van der Waals surface area contributed by atoms with Crippen molar-refractivity contribution in [1.29, 1.82) is 0 Å². The lowest BCUT2D eigenvalue weighted by Crippen LogP contribution is -2.28. The van der Waals surface area contributed by atoms with Crippen LogP contribution < -0.4 is 16.0 Å². The number of hydrogen-bond acceptors (Lipinski definition) is 6. The highest BCUT2D eigenvalue weighted by Crippen LogP contribution is 2.06. The van der Waals surface area contributed by atoms with Crippen LogP contribution in [0, 0.1) is 0 Å². The van der Waals surface area contributed by atoms with Gasteiger partial charge in [-0.2, -0.15) is 0 Å². The molecule has 0 aromatic heterocycles. The Morgan fingerprint density at radius 2 is 1.73 bits per heavy atom. The molecule has 1 aromatic carbocycles. The van der Waals surface area contributed by atoms with Gasteiger partial charge in [-0.1, -0.05) is 31.2 Å². The van der Waals surface area contributed by atoms with Crippen LogP contribution in [0.25, 0.3) is 0 Å². The summed E-state index contributed by atoms with van der Waals surface area (Å²) < 4.78 is 10.2. The Hall–Kier alpha value is -2.87. The fourth-order valence-electron chi connectivity index (χ4n) is 2.36. The van der Waals surface area contributed by atoms with E-state index in [1.54, 1.807) is 13.1 Å². The molecule has 1 rings (SSSR count). The highest BCUT2D eigenvalue weighted by molar-refractivity contribution is 5.91. The molecular formula is C22H33N3O5. The van der Waals surface area contributed by atoms with E-state index >= 15 is 0 Å². The maximum atomic E-state index is 11.9. The van der Waals surface area contributed by atoms with Crippen molar-refractivity contribution in [3.8, 4) is 0 Å². The molecule has 166 valence electrons. The van der Waals surface area contributed by atoms with E-state index in [-0.39, 0.29) is 24.9 Å².